The van der Waals surface area contributed by atoms with Crippen molar-refractivity contribution in [3.63, 3.8) is 0 Å². The largest absolute Gasteiger partial charge is 0.387 e. The zero-order valence-electron chi connectivity index (χ0n) is 10.5. The number of nitriles is 1. The highest BCUT2D eigenvalue weighted by Gasteiger charge is 2.29. The van der Waals surface area contributed by atoms with E-state index in [-0.39, 0.29) is 5.54 Å². The van der Waals surface area contributed by atoms with E-state index in [0.29, 0.717) is 18.7 Å². The molecule has 4 nitrogen and oxygen atoms in total. The third-order valence-corrected chi connectivity index (χ3v) is 3.37. The molecule has 0 spiro atoms. The van der Waals surface area contributed by atoms with Crippen molar-refractivity contribution >= 4 is 0 Å². The number of rotatable bonds is 4. The van der Waals surface area contributed by atoms with Crippen LogP contribution in [0.3, 0.4) is 0 Å². The molecule has 18 heavy (non-hydrogen) atoms. The fourth-order valence-electron chi connectivity index (χ4n) is 2.05. The first kappa shape index (κ1) is 13.0. The van der Waals surface area contributed by atoms with Gasteiger partial charge in [-0.05, 0) is 31.0 Å². The SMILES string of the molecule is CC1(NCC(O)c2ccc(C#N)cc2)CCOC1. The molecule has 0 aliphatic carbocycles. The summed E-state index contributed by atoms with van der Waals surface area (Å²) in [7, 11) is 0. The van der Waals surface area contributed by atoms with Crippen molar-refractivity contribution in [1.29, 1.82) is 5.26 Å². The minimum absolute atomic E-state index is 0.0342. The minimum Gasteiger partial charge on any atom is -0.387 e. The van der Waals surface area contributed by atoms with E-state index < -0.39 is 6.10 Å². The van der Waals surface area contributed by atoms with Crippen LogP contribution in [-0.2, 0) is 4.74 Å². The molecule has 4 heteroatoms. The maximum Gasteiger partial charge on any atom is 0.0991 e. The zero-order valence-corrected chi connectivity index (χ0v) is 10.5. The smallest absolute Gasteiger partial charge is 0.0991 e. The van der Waals surface area contributed by atoms with Gasteiger partial charge in [0.1, 0.15) is 0 Å². The van der Waals surface area contributed by atoms with Crippen LogP contribution >= 0.6 is 0 Å². The van der Waals surface area contributed by atoms with Crippen LogP contribution in [0.1, 0.15) is 30.6 Å². The molecule has 1 saturated heterocycles. The second-order valence-corrected chi connectivity index (χ2v) is 4.99. The number of nitrogens with one attached hydrogen (secondary N) is 1. The van der Waals surface area contributed by atoms with Crippen molar-refractivity contribution in [3.8, 4) is 6.07 Å². The minimum atomic E-state index is -0.560. The van der Waals surface area contributed by atoms with Crippen molar-refractivity contribution in [2.75, 3.05) is 19.8 Å². The second kappa shape index (κ2) is 5.49. The molecular formula is C14H18N2O2. The van der Waals surface area contributed by atoms with E-state index in [1.165, 1.54) is 0 Å². The summed E-state index contributed by atoms with van der Waals surface area (Å²) in [5, 5.41) is 22.1. The Kier molecular flexibility index (Phi) is 3.97. The van der Waals surface area contributed by atoms with Crippen LogP contribution in [0.5, 0.6) is 0 Å². The van der Waals surface area contributed by atoms with E-state index in [9.17, 15) is 5.11 Å². The second-order valence-electron chi connectivity index (χ2n) is 4.99. The lowest BCUT2D eigenvalue weighted by Gasteiger charge is -2.25. The van der Waals surface area contributed by atoms with Crippen molar-refractivity contribution < 1.29 is 9.84 Å². The summed E-state index contributed by atoms with van der Waals surface area (Å²) in [6.45, 7) is 4.06. The van der Waals surface area contributed by atoms with Crippen LogP contribution in [0.4, 0.5) is 0 Å². The highest BCUT2D eigenvalue weighted by molar-refractivity contribution is 5.32. The number of aliphatic hydroxyl groups excluding tert-OH is 1. The predicted octanol–water partition coefficient (Wildman–Crippen LogP) is 1.36. The summed E-state index contributed by atoms with van der Waals surface area (Å²) in [4.78, 5) is 0. The molecule has 0 amide bonds. The van der Waals surface area contributed by atoms with Gasteiger partial charge in [-0.15, -0.1) is 0 Å². The van der Waals surface area contributed by atoms with Gasteiger partial charge in [-0.25, -0.2) is 0 Å². The molecule has 1 fully saturated rings. The number of nitrogens with zero attached hydrogens (tertiary/aromatic N) is 1. The Balaban J connectivity index is 1.91. The molecule has 2 atom stereocenters. The van der Waals surface area contributed by atoms with Crippen molar-refractivity contribution in [2.45, 2.75) is 25.0 Å². The normalized spacial score (nSPS) is 24.7. The first-order chi connectivity index (χ1) is 8.63. The summed E-state index contributed by atoms with van der Waals surface area (Å²) in [5.41, 5.74) is 1.40. The Morgan fingerprint density at radius 2 is 2.22 bits per heavy atom. The van der Waals surface area contributed by atoms with Gasteiger partial charge in [-0.2, -0.15) is 5.26 Å². The van der Waals surface area contributed by atoms with Crippen LogP contribution < -0.4 is 5.32 Å². The number of aliphatic hydroxyl groups is 1. The fraction of sp³-hybridized carbons (Fsp3) is 0.500. The van der Waals surface area contributed by atoms with Crippen LogP contribution in [0.2, 0.25) is 0 Å². The maximum absolute atomic E-state index is 10.1. The Bertz CT molecular complexity index is 430. The average molecular weight is 246 g/mol. The van der Waals surface area contributed by atoms with Crippen molar-refractivity contribution in [1.82, 2.24) is 5.32 Å². The van der Waals surface area contributed by atoms with E-state index in [2.05, 4.69) is 18.3 Å². The van der Waals surface area contributed by atoms with E-state index in [4.69, 9.17) is 10.00 Å². The monoisotopic (exact) mass is 246 g/mol. The van der Waals surface area contributed by atoms with Crippen LogP contribution in [0.15, 0.2) is 24.3 Å². The molecule has 1 aliphatic heterocycles. The van der Waals surface area contributed by atoms with Crippen molar-refractivity contribution in [3.05, 3.63) is 35.4 Å². The molecule has 1 aliphatic rings. The Morgan fingerprint density at radius 1 is 1.50 bits per heavy atom. The molecule has 2 unspecified atom stereocenters. The van der Waals surface area contributed by atoms with Gasteiger partial charge < -0.3 is 15.2 Å². The average Bonchev–Trinajstić information content (AvgIpc) is 2.83. The highest BCUT2D eigenvalue weighted by atomic mass is 16.5. The van der Waals surface area contributed by atoms with E-state index in [1.54, 1.807) is 24.3 Å². The summed E-state index contributed by atoms with van der Waals surface area (Å²) in [6, 6.07) is 9.08. The lowest BCUT2D eigenvalue weighted by molar-refractivity contribution is 0.141. The van der Waals surface area contributed by atoms with E-state index >= 15 is 0 Å². The van der Waals surface area contributed by atoms with Gasteiger partial charge in [0.15, 0.2) is 0 Å². The lowest BCUT2D eigenvalue weighted by Crippen LogP contribution is -2.44. The number of β-amino-alcohol motifs (C(OH)–C–C–N with tert-alkyl or cyclic N) is 1. The molecule has 2 N–H and O–H groups in total. The standard InChI is InChI=1S/C14H18N2O2/c1-14(6-7-18-10-14)16-9-13(17)12-4-2-11(8-15)3-5-12/h2-5,13,16-17H,6-7,9-10H2,1H3. The first-order valence-electron chi connectivity index (χ1n) is 6.14. The highest BCUT2D eigenvalue weighted by Crippen LogP contribution is 2.19. The van der Waals surface area contributed by atoms with Gasteiger partial charge in [0, 0.05) is 18.7 Å². The van der Waals surface area contributed by atoms with E-state index in [1.807, 2.05) is 0 Å². The van der Waals surface area contributed by atoms with Gasteiger partial charge in [0.05, 0.1) is 24.3 Å². The summed E-state index contributed by atoms with van der Waals surface area (Å²) < 4.78 is 5.35. The third kappa shape index (κ3) is 3.08. The molecule has 1 heterocycles. The van der Waals surface area contributed by atoms with Gasteiger partial charge in [0.2, 0.25) is 0 Å². The molecule has 0 aromatic heterocycles. The predicted molar refractivity (Wildman–Crippen MR) is 68.0 cm³/mol. The van der Waals surface area contributed by atoms with Gasteiger partial charge >= 0.3 is 0 Å². The first-order valence-corrected chi connectivity index (χ1v) is 6.14. The number of ether oxygens (including phenoxy) is 1. The van der Waals surface area contributed by atoms with Crippen molar-refractivity contribution in [2.24, 2.45) is 0 Å². The van der Waals surface area contributed by atoms with Gasteiger partial charge in [-0.1, -0.05) is 12.1 Å². The van der Waals surface area contributed by atoms with Crippen LogP contribution in [0.25, 0.3) is 0 Å². The molecule has 2 rings (SSSR count). The summed E-state index contributed by atoms with van der Waals surface area (Å²) in [5.74, 6) is 0. The van der Waals surface area contributed by atoms with E-state index in [0.717, 1.165) is 18.6 Å². The maximum atomic E-state index is 10.1. The Labute approximate surface area is 107 Å². The Hall–Kier alpha value is -1.41. The van der Waals surface area contributed by atoms with Crippen LogP contribution in [-0.4, -0.2) is 30.4 Å². The molecule has 0 bridgehead atoms. The summed E-state index contributed by atoms with van der Waals surface area (Å²) in [6.07, 6.45) is 0.405. The fourth-order valence-corrected chi connectivity index (χ4v) is 2.05. The molecular weight excluding hydrogens is 228 g/mol. The van der Waals surface area contributed by atoms with Crippen LogP contribution in [0, 0.1) is 11.3 Å². The molecule has 96 valence electrons. The lowest BCUT2D eigenvalue weighted by atomic mass is 10.0. The molecule has 0 saturated carbocycles. The molecule has 1 aromatic carbocycles. The molecule has 1 aromatic rings. The number of hydrogen-bond donors (Lipinski definition) is 2. The molecule has 0 radical (unpaired) electrons. The zero-order chi connectivity index (χ0) is 13.0. The number of benzene rings is 1. The summed E-state index contributed by atoms with van der Waals surface area (Å²) >= 11 is 0. The topological polar surface area (TPSA) is 65.3 Å². The quantitative estimate of drug-likeness (QED) is 0.842. The van der Waals surface area contributed by atoms with Gasteiger partial charge in [0.25, 0.3) is 0 Å². The third-order valence-electron chi connectivity index (χ3n) is 3.37. The van der Waals surface area contributed by atoms with Gasteiger partial charge in [-0.3, -0.25) is 0 Å². The number of hydrogen-bond acceptors (Lipinski definition) is 4. The Morgan fingerprint density at radius 3 is 2.78 bits per heavy atom.